The molecule has 1 rings (SSSR count). The van der Waals surface area contributed by atoms with E-state index >= 15 is 0 Å². The summed E-state index contributed by atoms with van der Waals surface area (Å²) in [7, 11) is 0. The molecule has 0 bridgehead atoms. The summed E-state index contributed by atoms with van der Waals surface area (Å²) in [4.78, 5) is 24.6. The molecule has 0 fully saturated rings. The smallest absolute Gasteiger partial charge is 0.309 e. The molecule has 0 heterocycles. The third kappa shape index (κ3) is 9.44. The van der Waals surface area contributed by atoms with E-state index in [0.29, 0.717) is 12.4 Å². The predicted octanol–water partition coefficient (Wildman–Crippen LogP) is 4.71. The zero-order valence-electron chi connectivity index (χ0n) is 19.1. The normalized spacial score (nSPS) is 15.4. The minimum Gasteiger partial charge on any atom is -0.483 e. The van der Waals surface area contributed by atoms with Gasteiger partial charge in [0.1, 0.15) is 23.6 Å². The Labute approximate surface area is 180 Å². The topological polar surface area (TPSA) is 71.1 Å². The van der Waals surface area contributed by atoms with Crippen LogP contribution in [0, 0.1) is 5.92 Å². The van der Waals surface area contributed by atoms with E-state index in [0.717, 1.165) is 6.42 Å². The number of rotatable bonds is 12. The number of esters is 2. The van der Waals surface area contributed by atoms with E-state index in [-0.39, 0.29) is 6.42 Å². The molecule has 0 aliphatic heterocycles. The number of ether oxygens (including phenoxy) is 4. The fourth-order valence-electron chi connectivity index (χ4n) is 2.72. The van der Waals surface area contributed by atoms with Crippen LogP contribution in [-0.4, -0.2) is 42.5 Å². The van der Waals surface area contributed by atoms with Gasteiger partial charge in [0.2, 0.25) is 0 Å². The minimum atomic E-state index is -0.640. The molecule has 0 aliphatic carbocycles. The molecule has 0 aliphatic rings. The van der Waals surface area contributed by atoms with Gasteiger partial charge in [-0.05, 0) is 46.2 Å². The van der Waals surface area contributed by atoms with E-state index < -0.39 is 41.8 Å². The molecule has 0 aromatic heterocycles. The standard InChI is InChI=1S/C24H36O6/c1-8-15-27-20(9-2)22(29-19-13-11-10-12-14-19)18(4)28-23(26)17(3)16-21(25)30-24(5,6)7/h9-14,17-18,20,22H,2,8,15-16H2,1,3-7H3/t17?,18-,20-,22-/m0/s1. The second-order valence-electron chi connectivity index (χ2n) is 8.30. The molecule has 6 heteroatoms. The maximum atomic E-state index is 12.6. The zero-order valence-corrected chi connectivity index (χ0v) is 19.1. The molecule has 0 saturated carbocycles. The van der Waals surface area contributed by atoms with Crippen molar-refractivity contribution in [3.63, 3.8) is 0 Å². The van der Waals surface area contributed by atoms with E-state index in [1.807, 2.05) is 37.3 Å². The van der Waals surface area contributed by atoms with Crippen LogP contribution in [0.1, 0.15) is 54.4 Å². The maximum Gasteiger partial charge on any atom is 0.309 e. The van der Waals surface area contributed by atoms with Crippen LogP contribution < -0.4 is 4.74 Å². The quantitative estimate of drug-likeness (QED) is 0.360. The van der Waals surface area contributed by atoms with Gasteiger partial charge in [-0.1, -0.05) is 38.1 Å². The zero-order chi connectivity index (χ0) is 22.7. The van der Waals surface area contributed by atoms with Crippen LogP contribution in [0.3, 0.4) is 0 Å². The summed E-state index contributed by atoms with van der Waals surface area (Å²) in [6.45, 7) is 15.1. The monoisotopic (exact) mass is 420 g/mol. The highest BCUT2D eigenvalue weighted by Crippen LogP contribution is 2.21. The largest absolute Gasteiger partial charge is 0.483 e. The maximum absolute atomic E-state index is 12.6. The average molecular weight is 421 g/mol. The van der Waals surface area contributed by atoms with Gasteiger partial charge in [-0.25, -0.2) is 0 Å². The summed E-state index contributed by atoms with van der Waals surface area (Å²) in [5.41, 5.74) is -0.601. The van der Waals surface area contributed by atoms with Gasteiger partial charge in [0, 0.05) is 6.61 Å². The summed E-state index contributed by atoms with van der Waals surface area (Å²) < 4.78 is 22.9. The van der Waals surface area contributed by atoms with Gasteiger partial charge in [0.25, 0.3) is 0 Å². The van der Waals surface area contributed by atoms with Crippen LogP contribution in [0.15, 0.2) is 43.0 Å². The Morgan fingerprint density at radius 1 is 1.13 bits per heavy atom. The Bertz CT molecular complexity index is 664. The number of carbonyl (C=O) groups excluding carboxylic acids is 2. The van der Waals surface area contributed by atoms with Crippen molar-refractivity contribution in [2.75, 3.05) is 6.61 Å². The average Bonchev–Trinajstić information content (AvgIpc) is 2.66. The number of carbonyl (C=O) groups is 2. The molecule has 1 aromatic carbocycles. The van der Waals surface area contributed by atoms with E-state index in [1.165, 1.54) is 0 Å². The van der Waals surface area contributed by atoms with Crippen molar-refractivity contribution in [1.29, 1.82) is 0 Å². The molecular weight excluding hydrogens is 384 g/mol. The van der Waals surface area contributed by atoms with Crippen molar-refractivity contribution in [3.05, 3.63) is 43.0 Å². The van der Waals surface area contributed by atoms with Crippen molar-refractivity contribution < 1.29 is 28.5 Å². The summed E-state index contributed by atoms with van der Waals surface area (Å²) in [5, 5.41) is 0. The van der Waals surface area contributed by atoms with Gasteiger partial charge < -0.3 is 18.9 Å². The summed E-state index contributed by atoms with van der Waals surface area (Å²) in [5.74, 6) is -0.933. The van der Waals surface area contributed by atoms with Crippen LogP contribution in [-0.2, 0) is 23.8 Å². The number of hydrogen-bond donors (Lipinski definition) is 0. The summed E-state index contributed by atoms with van der Waals surface area (Å²) >= 11 is 0. The molecule has 0 radical (unpaired) electrons. The predicted molar refractivity (Wildman–Crippen MR) is 116 cm³/mol. The molecular formula is C24H36O6. The highest BCUT2D eigenvalue weighted by molar-refractivity contribution is 5.79. The number of benzene rings is 1. The van der Waals surface area contributed by atoms with Gasteiger partial charge in [-0.15, -0.1) is 6.58 Å². The SMILES string of the molecule is C=C[C@H](OCCC)[C@@H](Oc1ccccc1)[C@H](C)OC(=O)C(C)CC(=O)OC(C)(C)C. The van der Waals surface area contributed by atoms with E-state index in [9.17, 15) is 9.59 Å². The lowest BCUT2D eigenvalue weighted by molar-refractivity contribution is -0.167. The van der Waals surface area contributed by atoms with Gasteiger partial charge in [-0.2, -0.15) is 0 Å². The lowest BCUT2D eigenvalue weighted by Gasteiger charge is -2.31. The van der Waals surface area contributed by atoms with E-state index in [2.05, 4.69) is 6.58 Å². The Hall–Kier alpha value is -2.34. The van der Waals surface area contributed by atoms with Gasteiger partial charge in [0.05, 0.1) is 12.3 Å². The van der Waals surface area contributed by atoms with Crippen molar-refractivity contribution in [2.45, 2.75) is 78.3 Å². The van der Waals surface area contributed by atoms with Crippen molar-refractivity contribution in [3.8, 4) is 5.75 Å². The molecule has 0 saturated heterocycles. The van der Waals surface area contributed by atoms with Crippen LogP contribution >= 0.6 is 0 Å². The Kier molecular flexibility index (Phi) is 10.6. The number of para-hydroxylation sites is 1. The Balaban J connectivity index is 2.84. The third-order valence-corrected chi connectivity index (χ3v) is 4.15. The fraction of sp³-hybridized carbons (Fsp3) is 0.583. The first-order valence-corrected chi connectivity index (χ1v) is 10.5. The molecule has 1 aromatic rings. The first kappa shape index (κ1) is 25.7. The molecule has 4 atom stereocenters. The summed E-state index contributed by atoms with van der Waals surface area (Å²) in [6.07, 6.45) is 0.757. The van der Waals surface area contributed by atoms with Crippen molar-refractivity contribution in [1.82, 2.24) is 0 Å². The van der Waals surface area contributed by atoms with Crippen molar-refractivity contribution >= 4 is 11.9 Å². The molecule has 6 nitrogen and oxygen atoms in total. The molecule has 0 N–H and O–H groups in total. The van der Waals surface area contributed by atoms with Gasteiger partial charge in [0.15, 0.2) is 6.10 Å². The van der Waals surface area contributed by atoms with Gasteiger partial charge in [-0.3, -0.25) is 9.59 Å². The lowest BCUT2D eigenvalue weighted by atomic mass is 10.1. The minimum absolute atomic E-state index is 0.0513. The number of hydrogen-bond acceptors (Lipinski definition) is 6. The second-order valence-corrected chi connectivity index (χ2v) is 8.30. The van der Waals surface area contributed by atoms with Crippen molar-refractivity contribution in [2.24, 2.45) is 5.92 Å². The molecule has 1 unspecified atom stereocenters. The summed E-state index contributed by atoms with van der Waals surface area (Å²) in [6, 6.07) is 9.27. The van der Waals surface area contributed by atoms with Crippen LogP contribution in [0.4, 0.5) is 0 Å². The Morgan fingerprint density at radius 2 is 1.77 bits per heavy atom. The van der Waals surface area contributed by atoms with Crippen LogP contribution in [0.25, 0.3) is 0 Å². The van der Waals surface area contributed by atoms with E-state index in [1.54, 1.807) is 40.7 Å². The molecule has 0 amide bonds. The van der Waals surface area contributed by atoms with Crippen LogP contribution in [0.5, 0.6) is 5.75 Å². The fourth-order valence-corrected chi connectivity index (χ4v) is 2.72. The van der Waals surface area contributed by atoms with E-state index in [4.69, 9.17) is 18.9 Å². The first-order chi connectivity index (χ1) is 14.1. The Morgan fingerprint density at radius 3 is 2.30 bits per heavy atom. The molecule has 0 spiro atoms. The molecule has 30 heavy (non-hydrogen) atoms. The third-order valence-electron chi connectivity index (χ3n) is 4.15. The highest BCUT2D eigenvalue weighted by Gasteiger charge is 2.32. The lowest BCUT2D eigenvalue weighted by Crippen LogP contribution is -2.44. The second kappa shape index (κ2) is 12.4. The first-order valence-electron chi connectivity index (χ1n) is 10.5. The molecule has 168 valence electrons. The highest BCUT2D eigenvalue weighted by atomic mass is 16.6. The van der Waals surface area contributed by atoms with Gasteiger partial charge >= 0.3 is 11.9 Å². The van der Waals surface area contributed by atoms with Crippen LogP contribution in [0.2, 0.25) is 0 Å².